The van der Waals surface area contributed by atoms with Gasteiger partial charge in [-0.1, -0.05) is 25.0 Å². The molecule has 1 fully saturated rings. The monoisotopic (exact) mass is 321 g/mol. The van der Waals surface area contributed by atoms with Gasteiger partial charge >= 0.3 is 0 Å². The number of amides is 1. The van der Waals surface area contributed by atoms with Crippen LogP contribution in [0, 0.1) is 18.3 Å². The van der Waals surface area contributed by atoms with E-state index in [4.69, 9.17) is 5.26 Å². The lowest BCUT2D eigenvalue weighted by atomic mass is 10.2. The Morgan fingerprint density at radius 2 is 2.00 bits per heavy atom. The number of rotatable bonds is 4. The second-order valence-corrected chi connectivity index (χ2v) is 5.92. The van der Waals surface area contributed by atoms with Crippen LogP contribution in [0.3, 0.4) is 0 Å². The number of hydrogen-bond donors (Lipinski definition) is 2. The number of carbonyl (C=O) groups excluding carboxylic acids is 1. The molecule has 1 aromatic heterocycles. The number of anilines is 2. The van der Waals surface area contributed by atoms with Crippen LogP contribution in [0.5, 0.6) is 0 Å². The molecule has 0 spiro atoms. The maximum absolute atomic E-state index is 12.4. The highest BCUT2D eigenvalue weighted by Crippen LogP contribution is 2.20. The number of hydrogen-bond acceptors (Lipinski definition) is 5. The van der Waals surface area contributed by atoms with Crippen molar-refractivity contribution >= 4 is 17.4 Å². The van der Waals surface area contributed by atoms with Crippen molar-refractivity contribution in [2.75, 3.05) is 5.32 Å². The van der Waals surface area contributed by atoms with Gasteiger partial charge in [-0.2, -0.15) is 5.26 Å². The average Bonchev–Trinajstić information content (AvgIpc) is 3.08. The van der Waals surface area contributed by atoms with E-state index in [1.165, 1.54) is 0 Å². The third-order valence-electron chi connectivity index (χ3n) is 4.07. The fraction of sp³-hybridized carbons (Fsp3) is 0.333. The molecule has 1 heterocycles. The van der Waals surface area contributed by atoms with Crippen molar-refractivity contribution in [1.29, 1.82) is 5.26 Å². The van der Waals surface area contributed by atoms with Crippen LogP contribution in [0.15, 0.2) is 30.3 Å². The van der Waals surface area contributed by atoms with Gasteiger partial charge in [0.05, 0.1) is 11.3 Å². The maximum atomic E-state index is 12.4. The first kappa shape index (κ1) is 15.9. The van der Waals surface area contributed by atoms with Gasteiger partial charge in [0, 0.05) is 12.1 Å². The quantitative estimate of drug-likeness (QED) is 0.903. The van der Waals surface area contributed by atoms with E-state index in [2.05, 4.69) is 26.7 Å². The lowest BCUT2D eigenvalue weighted by Crippen LogP contribution is -2.33. The first-order valence-corrected chi connectivity index (χ1v) is 8.08. The molecule has 24 heavy (non-hydrogen) atoms. The lowest BCUT2D eigenvalue weighted by Gasteiger charge is -2.13. The summed E-state index contributed by atoms with van der Waals surface area (Å²) in [5, 5.41) is 15.3. The van der Waals surface area contributed by atoms with E-state index in [0.717, 1.165) is 25.7 Å². The fourth-order valence-electron chi connectivity index (χ4n) is 2.91. The van der Waals surface area contributed by atoms with Gasteiger partial charge in [0.25, 0.3) is 5.91 Å². The Labute approximate surface area is 140 Å². The number of benzene rings is 1. The van der Waals surface area contributed by atoms with Crippen LogP contribution < -0.4 is 10.6 Å². The SMILES string of the molecule is Cc1nc(Nc2ccccc2C#N)cc(C(=O)NC2CCCC2)n1. The molecule has 0 aliphatic heterocycles. The van der Waals surface area contributed by atoms with Crippen molar-refractivity contribution in [3.05, 3.63) is 47.4 Å². The lowest BCUT2D eigenvalue weighted by molar-refractivity contribution is 0.0932. The third kappa shape index (κ3) is 3.69. The Kier molecular flexibility index (Phi) is 4.71. The second-order valence-electron chi connectivity index (χ2n) is 5.92. The van der Waals surface area contributed by atoms with Crippen LogP contribution in [-0.2, 0) is 0 Å². The largest absolute Gasteiger partial charge is 0.348 e. The number of carbonyl (C=O) groups is 1. The predicted molar refractivity (Wildman–Crippen MR) is 90.9 cm³/mol. The summed E-state index contributed by atoms with van der Waals surface area (Å²) in [7, 11) is 0. The van der Waals surface area contributed by atoms with Crippen LogP contribution >= 0.6 is 0 Å². The van der Waals surface area contributed by atoms with Gasteiger partial charge in [-0.25, -0.2) is 9.97 Å². The Balaban J connectivity index is 1.81. The number of para-hydroxylation sites is 1. The van der Waals surface area contributed by atoms with Crippen LogP contribution in [0.1, 0.15) is 47.6 Å². The molecule has 3 rings (SSSR count). The van der Waals surface area contributed by atoms with Crippen molar-refractivity contribution in [3.8, 4) is 6.07 Å². The van der Waals surface area contributed by atoms with E-state index in [9.17, 15) is 4.79 Å². The van der Waals surface area contributed by atoms with E-state index < -0.39 is 0 Å². The Morgan fingerprint density at radius 3 is 2.75 bits per heavy atom. The van der Waals surface area contributed by atoms with E-state index >= 15 is 0 Å². The van der Waals surface area contributed by atoms with E-state index in [1.807, 2.05) is 6.07 Å². The minimum Gasteiger partial charge on any atom is -0.348 e. The summed E-state index contributed by atoms with van der Waals surface area (Å²) in [6, 6.07) is 11.2. The van der Waals surface area contributed by atoms with Gasteiger partial charge in [0.1, 0.15) is 23.4 Å². The van der Waals surface area contributed by atoms with E-state index in [-0.39, 0.29) is 11.9 Å². The molecule has 2 aromatic rings. The van der Waals surface area contributed by atoms with Crippen molar-refractivity contribution in [2.24, 2.45) is 0 Å². The topological polar surface area (TPSA) is 90.7 Å². The molecule has 0 unspecified atom stereocenters. The summed E-state index contributed by atoms with van der Waals surface area (Å²) in [6.07, 6.45) is 4.36. The second kappa shape index (κ2) is 7.09. The van der Waals surface area contributed by atoms with Gasteiger partial charge in [-0.3, -0.25) is 4.79 Å². The summed E-state index contributed by atoms with van der Waals surface area (Å²) in [6.45, 7) is 1.74. The number of nitrogens with one attached hydrogen (secondary N) is 2. The molecule has 1 aromatic carbocycles. The molecular formula is C18H19N5O. The zero-order valence-electron chi connectivity index (χ0n) is 13.5. The van der Waals surface area contributed by atoms with Crippen LogP contribution in [-0.4, -0.2) is 21.9 Å². The Hall–Kier alpha value is -2.94. The van der Waals surface area contributed by atoms with Crippen LogP contribution in [0.25, 0.3) is 0 Å². The highest BCUT2D eigenvalue weighted by Gasteiger charge is 2.19. The molecule has 0 atom stereocenters. The summed E-state index contributed by atoms with van der Waals surface area (Å²) >= 11 is 0. The third-order valence-corrected chi connectivity index (χ3v) is 4.07. The molecule has 0 saturated heterocycles. The van der Waals surface area contributed by atoms with Gasteiger partial charge < -0.3 is 10.6 Å². The van der Waals surface area contributed by atoms with Crippen molar-refractivity contribution in [1.82, 2.24) is 15.3 Å². The molecule has 1 aliphatic carbocycles. The first-order chi connectivity index (χ1) is 11.7. The Bertz CT molecular complexity index is 790. The Morgan fingerprint density at radius 1 is 1.25 bits per heavy atom. The average molecular weight is 321 g/mol. The van der Waals surface area contributed by atoms with Crippen molar-refractivity contribution in [2.45, 2.75) is 38.6 Å². The fourth-order valence-corrected chi connectivity index (χ4v) is 2.91. The minimum atomic E-state index is -0.177. The highest BCUT2D eigenvalue weighted by atomic mass is 16.1. The number of nitriles is 1. The number of nitrogens with zero attached hydrogens (tertiary/aromatic N) is 3. The first-order valence-electron chi connectivity index (χ1n) is 8.08. The molecule has 2 N–H and O–H groups in total. The maximum Gasteiger partial charge on any atom is 0.270 e. The summed E-state index contributed by atoms with van der Waals surface area (Å²) in [5.41, 5.74) is 1.51. The predicted octanol–water partition coefficient (Wildman–Crippen LogP) is 3.07. The van der Waals surface area contributed by atoms with Crippen LogP contribution in [0.4, 0.5) is 11.5 Å². The molecule has 0 radical (unpaired) electrons. The molecule has 1 aliphatic rings. The van der Waals surface area contributed by atoms with Crippen molar-refractivity contribution < 1.29 is 4.79 Å². The zero-order chi connectivity index (χ0) is 16.9. The molecule has 6 nitrogen and oxygen atoms in total. The van der Waals surface area contributed by atoms with Crippen molar-refractivity contribution in [3.63, 3.8) is 0 Å². The van der Waals surface area contributed by atoms with Crippen LogP contribution in [0.2, 0.25) is 0 Å². The number of aryl methyl sites for hydroxylation is 1. The molecule has 1 amide bonds. The summed E-state index contributed by atoms with van der Waals surface area (Å²) in [4.78, 5) is 20.9. The summed E-state index contributed by atoms with van der Waals surface area (Å²) in [5.74, 6) is 0.830. The molecule has 0 bridgehead atoms. The van der Waals surface area contributed by atoms with Gasteiger partial charge in [-0.15, -0.1) is 0 Å². The molecular weight excluding hydrogens is 302 g/mol. The normalized spacial score (nSPS) is 14.2. The molecule has 122 valence electrons. The van der Waals surface area contributed by atoms with Gasteiger partial charge in [0.15, 0.2) is 0 Å². The zero-order valence-corrected chi connectivity index (χ0v) is 13.5. The minimum absolute atomic E-state index is 0.177. The smallest absolute Gasteiger partial charge is 0.270 e. The standard InChI is InChI=1S/C18H19N5O/c1-12-20-16(18(24)22-14-7-3-4-8-14)10-17(21-12)23-15-9-5-2-6-13(15)11-19/h2,5-6,9-10,14H,3-4,7-8H2,1H3,(H,22,24)(H,20,21,23). The highest BCUT2D eigenvalue weighted by molar-refractivity contribution is 5.93. The van der Waals surface area contributed by atoms with Gasteiger partial charge in [-0.05, 0) is 31.9 Å². The molecule has 6 heteroatoms. The van der Waals surface area contributed by atoms with E-state index in [0.29, 0.717) is 28.6 Å². The number of aromatic nitrogens is 2. The summed E-state index contributed by atoms with van der Waals surface area (Å²) < 4.78 is 0. The van der Waals surface area contributed by atoms with Gasteiger partial charge in [0.2, 0.25) is 0 Å². The van der Waals surface area contributed by atoms with E-state index in [1.54, 1.807) is 31.2 Å². The molecule has 1 saturated carbocycles.